The molecule has 2 heterocycles. The van der Waals surface area contributed by atoms with Crippen LogP contribution in [0.5, 0.6) is 0 Å². The van der Waals surface area contributed by atoms with E-state index in [-0.39, 0.29) is 0 Å². The van der Waals surface area contributed by atoms with Crippen molar-refractivity contribution in [1.29, 1.82) is 0 Å². The van der Waals surface area contributed by atoms with Crippen LogP contribution in [0.2, 0.25) is 0 Å². The molecule has 1 saturated carbocycles. The molecule has 1 N–H and O–H groups in total. The molecular formula is C18H20F2N4. The van der Waals surface area contributed by atoms with Crippen molar-refractivity contribution in [2.45, 2.75) is 37.8 Å². The first kappa shape index (κ1) is 15.4. The van der Waals surface area contributed by atoms with Gasteiger partial charge in [0.15, 0.2) is 0 Å². The lowest BCUT2D eigenvalue weighted by Crippen LogP contribution is -2.26. The van der Waals surface area contributed by atoms with Crippen LogP contribution < -0.4 is 5.32 Å². The third-order valence-electron chi connectivity index (χ3n) is 4.57. The van der Waals surface area contributed by atoms with Crippen molar-refractivity contribution < 1.29 is 8.78 Å². The number of hydrogen-bond acceptors (Lipinski definition) is 4. The zero-order chi connectivity index (χ0) is 16.5. The molecule has 1 saturated heterocycles. The Bertz CT molecular complexity index is 712. The summed E-state index contributed by atoms with van der Waals surface area (Å²) >= 11 is 0. The maximum Gasteiger partial charge on any atom is 0.133 e. The van der Waals surface area contributed by atoms with Gasteiger partial charge in [-0.3, -0.25) is 4.90 Å². The summed E-state index contributed by atoms with van der Waals surface area (Å²) in [6.45, 7) is 2.29. The Balaban J connectivity index is 1.35. The molecule has 1 atom stereocenters. The fraction of sp³-hybridized carbons (Fsp3) is 0.444. The van der Waals surface area contributed by atoms with Gasteiger partial charge in [-0.15, -0.1) is 0 Å². The SMILES string of the molecule is Fc1cc(F)cc(CN2CCC(Nc3ccnc(C4CC4)n3)C2)c1. The summed E-state index contributed by atoms with van der Waals surface area (Å²) < 4.78 is 26.6. The van der Waals surface area contributed by atoms with E-state index in [0.29, 0.717) is 24.1 Å². The fourth-order valence-electron chi connectivity index (χ4n) is 3.26. The number of halogens is 2. The number of likely N-dealkylation sites (tertiary alicyclic amines) is 1. The molecule has 6 heteroatoms. The van der Waals surface area contributed by atoms with Gasteiger partial charge in [0.1, 0.15) is 23.3 Å². The highest BCUT2D eigenvalue weighted by molar-refractivity contribution is 5.35. The minimum Gasteiger partial charge on any atom is -0.366 e. The first-order valence-corrected chi connectivity index (χ1v) is 8.42. The van der Waals surface area contributed by atoms with E-state index in [4.69, 9.17) is 0 Å². The Morgan fingerprint density at radius 3 is 2.67 bits per heavy atom. The van der Waals surface area contributed by atoms with Crippen molar-refractivity contribution in [3.8, 4) is 0 Å². The van der Waals surface area contributed by atoms with Crippen LogP contribution in [0.4, 0.5) is 14.6 Å². The average molecular weight is 330 g/mol. The van der Waals surface area contributed by atoms with Crippen LogP contribution in [0.3, 0.4) is 0 Å². The van der Waals surface area contributed by atoms with Crippen molar-refractivity contribution in [3.63, 3.8) is 0 Å². The van der Waals surface area contributed by atoms with Crippen molar-refractivity contribution >= 4 is 5.82 Å². The average Bonchev–Trinajstić information content (AvgIpc) is 3.29. The number of hydrogen-bond donors (Lipinski definition) is 1. The van der Waals surface area contributed by atoms with Crippen LogP contribution in [0.15, 0.2) is 30.5 Å². The Morgan fingerprint density at radius 1 is 1.12 bits per heavy atom. The highest BCUT2D eigenvalue weighted by Crippen LogP contribution is 2.38. The summed E-state index contributed by atoms with van der Waals surface area (Å²) in [6, 6.07) is 5.90. The molecule has 0 amide bonds. The molecule has 0 bridgehead atoms. The van der Waals surface area contributed by atoms with E-state index < -0.39 is 11.6 Å². The van der Waals surface area contributed by atoms with Gasteiger partial charge in [-0.25, -0.2) is 18.7 Å². The lowest BCUT2D eigenvalue weighted by molar-refractivity contribution is 0.327. The first-order chi connectivity index (χ1) is 11.7. The molecule has 1 aliphatic carbocycles. The predicted molar refractivity (Wildman–Crippen MR) is 87.7 cm³/mol. The van der Waals surface area contributed by atoms with Gasteiger partial charge in [0, 0.05) is 43.9 Å². The first-order valence-electron chi connectivity index (χ1n) is 8.42. The third kappa shape index (κ3) is 3.70. The van der Waals surface area contributed by atoms with Crippen LogP contribution in [-0.4, -0.2) is 34.0 Å². The molecule has 2 fully saturated rings. The van der Waals surface area contributed by atoms with Crippen LogP contribution in [0, 0.1) is 11.6 Å². The summed E-state index contributed by atoms with van der Waals surface area (Å²) in [7, 11) is 0. The van der Waals surface area contributed by atoms with Gasteiger partial charge in [0.05, 0.1) is 0 Å². The number of benzene rings is 1. The smallest absolute Gasteiger partial charge is 0.133 e. The van der Waals surface area contributed by atoms with Gasteiger partial charge in [-0.2, -0.15) is 0 Å². The molecule has 1 aromatic carbocycles. The second-order valence-corrected chi connectivity index (χ2v) is 6.72. The standard InChI is InChI=1S/C18H20F2N4/c19-14-7-12(8-15(20)9-14)10-24-6-4-16(11-24)22-17-3-5-21-18(23-17)13-1-2-13/h3,5,7-9,13,16H,1-2,4,6,10-11H2,(H,21,22,23). The van der Waals surface area contributed by atoms with E-state index in [9.17, 15) is 8.78 Å². The molecule has 126 valence electrons. The van der Waals surface area contributed by atoms with Crippen molar-refractivity contribution in [2.75, 3.05) is 18.4 Å². The molecule has 24 heavy (non-hydrogen) atoms. The Hall–Kier alpha value is -2.08. The number of anilines is 1. The summed E-state index contributed by atoms with van der Waals surface area (Å²) in [5.41, 5.74) is 0.672. The largest absolute Gasteiger partial charge is 0.366 e. The highest BCUT2D eigenvalue weighted by atomic mass is 19.1. The van der Waals surface area contributed by atoms with Gasteiger partial charge < -0.3 is 5.32 Å². The van der Waals surface area contributed by atoms with E-state index in [1.54, 1.807) is 0 Å². The quantitative estimate of drug-likeness (QED) is 0.913. The number of aromatic nitrogens is 2. The van der Waals surface area contributed by atoms with Gasteiger partial charge >= 0.3 is 0 Å². The summed E-state index contributed by atoms with van der Waals surface area (Å²) in [5, 5.41) is 3.46. The molecule has 4 nitrogen and oxygen atoms in total. The van der Waals surface area contributed by atoms with E-state index >= 15 is 0 Å². The van der Waals surface area contributed by atoms with Crippen LogP contribution in [-0.2, 0) is 6.54 Å². The van der Waals surface area contributed by atoms with Gasteiger partial charge in [-0.1, -0.05) is 0 Å². The van der Waals surface area contributed by atoms with Crippen LogP contribution in [0.1, 0.15) is 36.6 Å². The second kappa shape index (κ2) is 6.43. The fourth-order valence-corrected chi connectivity index (χ4v) is 3.26. The predicted octanol–water partition coefficient (Wildman–Crippen LogP) is 3.32. The Morgan fingerprint density at radius 2 is 1.92 bits per heavy atom. The van der Waals surface area contributed by atoms with Crippen molar-refractivity contribution in [1.82, 2.24) is 14.9 Å². The molecule has 1 aliphatic heterocycles. The maximum atomic E-state index is 13.3. The van der Waals surface area contributed by atoms with E-state index in [0.717, 1.165) is 37.2 Å². The zero-order valence-electron chi connectivity index (χ0n) is 13.4. The molecular weight excluding hydrogens is 310 g/mol. The highest BCUT2D eigenvalue weighted by Gasteiger charge is 2.27. The Labute approximate surface area is 139 Å². The molecule has 0 radical (unpaired) electrons. The Kier molecular flexibility index (Phi) is 4.14. The minimum atomic E-state index is -0.521. The molecule has 2 aromatic rings. The van der Waals surface area contributed by atoms with Crippen molar-refractivity contribution in [2.24, 2.45) is 0 Å². The number of rotatable bonds is 5. The van der Waals surface area contributed by atoms with Gasteiger partial charge in [-0.05, 0) is 43.0 Å². The summed E-state index contributed by atoms with van der Waals surface area (Å²) in [4.78, 5) is 11.1. The molecule has 4 rings (SSSR count). The minimum absolute atomic E-state index is 0.297. The third-order valence-corrected chi connectivity index (χ3v) is 4.57. The summed E-state index contributed by atoms with van der Waals surface area (Å²) in [6.07, 6.45) is 5.17. The van der Waals surface area contributed by atoms with Crippen LogP contribution in [0.25, 0.3) is 0 Å². The molecule has 1 unspecified atom stereocenters. The van der Waals surface area contributed by atoms with E-state index in [1.807, 2.05) is 12.3 Å². The lowest BCUT2D eigenvalue weighted by Gasteiger charge is -2.17. The number of nitrogens with zero attached hydrogens (tertiary/aromatic N) is 3. The molecule has 1 aromatic heterocycles. The van der Waals surface area contributed by atoms with Gasteiger partial charge in [0.2, 0.25) is 0 Å². The molecule has 0 spiro atoms. The normalized spacial score (nSPS) is 21.2. The topological polar surface area (TPSA) is 41.0 Å². The second-order valence-electron chi connectivity index (χ2n) is 6.72. The number of nitrogens with one attached hydrogen (secondary N) is 1. The monoisotopic (exact) mass is 330 g/mol. The van der Waals surface area contributed by atoms with Gasteiger partial charge in [0.25, 0.3) is 0 Å². The maximum absolute atomic E-state index is 13.3. The van der Waals surface area contributed by atoms with E-state index in [2.05, 4.69) is 20.2 Å². The van der Waals surface area contributed by atoms with Crippen molar-refractivity contribution in [3.05, 3.63) is 53.5 Å². The summed E-state index contributed by atoms with van der Waals surface area (Å²) in [5.74, 6) is 1.30. The van der Waals surface area contributed by atoms with E-state index in [1.165, 1.54) is 25.0 Å². The zero-order valence-corrected chi connectivity index (χ0v) is 13.4. The lowest BCUT2D eigenvalue weighted by atomic mass is 10.2. The van der Waals surface area contributed by atoms with Crippen LogP contribution >= 0.6 is 0 Å². The molecule has 2 aliphatic rings.